The number of carbonyl (C=O) groups excluding carboxylic acids is 1. The Morgan fingerprint density at radius 3 is 2.44 bits per heavy atom. The van der Waals surface area contributed by atoms with Crippen LogP contribution in [0, 0.1) is 5.41 Å². The van der Waals surface area contributed by atoms with Gasteiger partial charge in [-0.15, -0.1) is 0 Å². The molecule has 3 N–H and O–H groups in total. The molecule has 1 amide bonds. The second kappa shape index (κ2) is 9.34. The van der Waals surface area contributed by atoms with Crippen LogP contribution in [0.25, 0.3) is 0 Å². The van der Waals surface area contributed by atoms with Gasteiger partial charge in [-0.2, -0.15) is 0 Å². The van der Waals surface area contributed by atoms with Gasteiger partial charge >= 0.3 is 0 Å². The molecule has 0 radical (unpaired) electrons. The number of hydrogen-bond donors (Lipinski definition) is 2. The van der Waals surface area contributed by atoms with Crippen LogP contribution in [-0.4, -0.2) is 44.5 Å². The molecule has 0 aliphatic heterocycles. The Labute approximate surface area is 112 Å². The Morgan fingerprint density at radius 2 is 1.89 bits per heavy atom. The summed E-state index contributed by atoms with van der Waals surface area (Å²) in [6, 6.07) is 0. The van der Waals surface area contributed by atoms with Crippen molar-refractivity contribution in [3.63, 3.8) is 0 Å². The summed E-state index contributed by atoms with van der Waals surface area (Å²) in [5.41, 5.74) is 5.73. The Hall–Kier alpha value is -0.610. The van der Waals surface area contributed by atoms with Crippen LogP contribution >= 0.6 is 0 Å². The van der Waals surface area contributed by atoms with Gasteiger partial charge in [-0.1, -0.05) is 13.8 Å². The second-order valence-electron chi connectivity index (χ2n) is 6.06. The summed E-state index contributed by atoms with van der Waals surface area (Å²) >= 11 is 0. The molecule has 0 saturated carbocycles. The lowest BCUT2D eigenvalue weighted by Gasteiger charge is -2.23. The first kappa shape index (κ1) is 17.4. The molecule has 0 aliphatic rings. The van der Waals surface area contributed by atoms with Crippen LogP contribution < -0.4 is 11.1 Å². The molecule has 0 aromatic heterocycles. The van der Waals surface area contributed by atoms with Crippen molar-refractivity contribution in [2.75, 3.05) is 33.7 Å². The van der Waals surface area contributed by atoms with E-state index in [1.165, 1.54) is 0 Å². The molecular weight excluding hydrogens is 226 g/mol. The first-order valence-corrected chi connectivity index (χ1v) is 6.99. The molecule has 108 valence electrons. The molecule has 0 rings (SSSR count). The van der Waals surface area contributed by atoms with Crippen molar-refractivity contribution >= 4 is 5.91 Å². The summed E-state index contributed by atoms with van der Waals surface area (Å²) in [5.74, 6) is 0.171. The molecule has 0 saturated heterocycles. The van der Waals surface area contributed by atoms with Gasteiger partial charge in [0.25, 0.3) is 0 Å². The Bertz CT molecular complexity index is 227. The van der Waals surface area contributed by atoms with Gasteiger partial charge in [0.15, 0.2) is 0 Å². The fourth-order valence-corrected chi connectivity index (χ4v) is 1.84. The molecule has 0 unspecified atom stereocenters. The number of carbonyl (C=O) groups is 1. The van der Waals surface area contributed by atoms with Crippen LogP contribution in [0.1, 0.15) is 46.0 Å². The van der Waals surface area contributed by atoms with Crippen LogP contribution in [-0.2, 0) is 4.79 Å². The number of nitrogens with zero attached hydrogens (tertiary/aromatic N) is 1. The molecule has 0 aromatic carbocycles. The lowest BCUT2D eigenvalue weighted by molar-refractivity contribution is -0.121. The van der Waals surface area contributed by atoms with E-state index in [9.17, 15) is 4.79 Å². The van der Waals surface area contributed by atoms with Crippen molar-refractivity contribution in [1.82, 2.24) is 10.2 Å². The monoisotopic (exact) mass is 257 g/mol. The fourth-order valence-electron chi connectivity index (χ4n) is 1.84. The summed E-state index contributed by atoms with van der Waals surface area (Å²) in [5, 5.41) is 2.98. The van der Waals surface area contributed by atoms with E-state index in [0.29, 0.717) is 13.0 Å². The van der Waals surface area contributed by atoms with Gasteiger partial charge in [0.2, 0.25) is 5.91 Å². The predicted molar refractivity (Wildman–Crippen MR) is 77.5 cm³/mol. The standard InChI is InChI=1S/C14H31N3O/c1-14(2,9-10-15)8-7-13(18)16-11-5-6-12-17(3)4/h5-12,15H2,1-4H3,(H,16,18). The molecule has 0 bridgehead atoms. The molecule has 0 heterocycles. The summed E-state index contributed by atoms with van der Waals surface area (Å²) in [4.78, 5) is 13.8. The van der Waals surface area contributed by atoms with Crippen molar-refractivity contribution in [2.45, 2.75) is 46.0 Å². The number of amides is 1. The van der Waals surface area contributed by atoms with E-state index < -0.39 is 0 Å². The summed E-state index contributed by atoms with van der Waals surface area (Å²) in [6.07, 6.45) is 4.68. The Kier molecular flexibility index (Phi) is 9.02. The maximum absolute atomic E-state index is 11.6. The summed E-state index contributed by atoms with van der Waals surface area (Å²) < 4.78 is 0. The predicted octanol–water partition coefficient (Wildman–Crippen LogP) is 1.60. The molecule has 4 heteroatoms. The van der Waals surface area contributed by atoms with Gasteiger partial charge in [-0.05, 0) is 58.3 Å². The molecule has 0 fully saturated rings. The van der Waals surface area contributed by atoms with Gasteiger partial charge in [0.1, 0.15) is 0 Å². The number of nitrogens with one attached hydrogen (secondary N) is 1. The van der Waals surface area contributed by atoms with Crippen LogP contribution in [0.15, 0.2) is 0 Å². The second-order valence-corrected chi connectivity index (χ2v) is 6.06. The number of unbranched alkanes of at least 4 members (excludes halogenated alkanes) is 1. The number of rotatable bonds is 10. The molecule has 0 spiro atoms. The van der Waals surface area contributed by atoms with Gasteiger partial charge in [0.05, 0.1) is 0 Å². The number of hydrogen-bond acceptors (Lipinski definition) is 3. The number of nitrogens with two attached hydrogens (primary N) is 1. The van der Waals surface area contributed by atoms with E-state index in [1.54, 1.807) is 0 Å². The molecule has 0 aromatic rings. The first-order chi connectivity index (χ1) is 8.37. The van der Waals surface area contributed by atoms with Crippen LogP contribution in [0.4, 0.5) is 0 Å². The average molecular weight is 257 g/mol. The highest BCUT2D eigenvalue weighted by Crippen LogP contribution is 2.25. The van der Waals surface area contributed by atoms with E-state index in [2.05, 4.69) is 38.2 Å². The van der Waals surface area contributed by atoms with Crippen molar-refractivity contribution in [3.8, 4) is 0 Å². The zero-order valence-corrected chi connectivity index (χ0v) is 12.6. The maximum Gasteiger partial charge on any atom is 0.220 e. The van der Waals surface area contributed by atoms with E-state index in [4.69, 9.17) is 5.73 Å². The molecular formula is C14H31N3O. The van der Waals surface area contributed by atoms with Crippen LogP contribution in [0.3, 0.4) is 0 Å². The van der Waals surface area contributed by atoms with Gasteiger partial charge in [-0.25, -0.2) is 0 Å². The minimum atomic E-state index is 0.171. The minimum Gasteiger partial charge on any atom is -0.356 e. The topological polar surface area (TPSA) is 58.4 Å². The summed E-state index contributed by atoms with van der Waals surface area (Å²) in [7, 11) is 4.14. The fraction of sp³-hybridized carbons (Fsp3) is 0.929. The first-order valence-electron chi connectivity index (χ1n) is 6.99. The van der Waals surface area contributed by atoms with Crippen molar-refractivity contribution in [3.05, 3.63) is 0 Å². The van der Waals surface area contributed by atoms with Crippen LogP contribution in [0.5, 0.6) is 0 Å². The molecule has 18 heavy (non-hydrogen) atoms. The zero-order chi connectivity index (χ0) is 14.0. The van der Waals surface area contributed by atoms with Crippen molar-refractivity contribution < 1.29 is 4.79 Å². The largest absolute Gasteiger partial charge is 0.356 e. The SMILES string of the molecule is CN(C)CCCCNC(=O)CCC(C)(C)CCN. The van der Waals surface area contributed by atoms with Crippen molar-refractivity contribution in [2.24, 2.45) is 11.1 Å². The molecule has 0 aliphatic carbocycles. The summed E-state index contributed by atoms with van der Waals surface area (Å²) in [6.45, 7) is 6.91. The lowest BCUT2D eigenvalue weighted by Crippen LogP contribution is -2.27. The van der Waals surface area contributed by atoms with E-state index >= 15 is 0 Å². The third kappa shape index (κ3) is 10.5. The minimum absolute atomic E-state index is 0.171. The van der Waals surface area contributed by atoms with E-state index in [-0.39, 0.29) is 11.3 Å². The normalized spacial score (nSPS) is 11.9. The quantitative estimate of drug-likeness (QED) is 0.584. The third-order valence-corrected chi connectivity index (χ3v) is 3.20. The highest BCUT2D eigenvalue weighted by Gasteiger charge is 2.17. The maximum atomic E-state index is 11.6. The zero-order valence-electron chi connectivity index (χ0n) is 12.6. The van der Waals surface area contributed by atoms with Crippen molar-refractivity contribution in [1.29, 1.82) is 0 Å². The Morgan fingerprint density at radius 1 is 1.22 bits per heavy atom. The third-order valence-electron chi connectivity index (χ3n) is 3.20. The van der Waals surface area contributed by atoms with Crippen LogP contribution in [0.2, 0.25) is 0 Å². The highest BCUT2D eigenvalue weighted by atomic mass is 16.1. The van der Waals surface area contributed by atoms with Gasteiger partial charge in [0, 0.05) is 13.0 Å². The van der Waals surface area contributed by atoms with E-state index in [0.717, 1.165) is 38.8 Å². The van der Waals surface area contributed by atoms with Gasteiger partial charge < -0.3 is 16.0 Å². The highest BCUT2D eigenvalue weighted by molar-refractivity contribution is 5.75. The average Bonchev–Trinajstić information content (AvgIpc) is 2.25. The van der Waals surface area contributed by atoms with E-state index in [1.807, 2.05) is 0 Å². The van der Waals surface area contributed by atoms with Gasteiger partial charge in [-0.3, -0.25) is 4.79 Å². The Balaban J connectivity index is 3.54. The smallest absolute Gasteiger partial charge is 0.220 e. The lowest BCUT2D eigenvalue weighted by atomic mass is 9.84. The molecule has 4 nitrogen and oxygen atoms in total. The molecule has 0 atom stereocenters.